The maximum atomic E-state index is 10.8. The van der Waals surface area contributed by atoms with Gasteiger partial charge in [-0.15, -0.1) is 0 Å². The number of ether oxygens (including phenoxy) is 2. The van der Waals surface area contributed by atoms with Gasteiger partial charge in [0.25, 0.3) is 0 Å². The van der Waals surface area contributed by atoms with Gasteiger partial charge in [-0.2, -0.15) is 36.4 Å². The minimum absolute atomic E-state index is 0. The fourth-order valence-electron chi connectivity index (χ4n) is 2.14. The van der Waals surface area contributed by atoms with Crippen LogP contribution in [-0.4, -0.2) is 36.4 Å². The molecule has 0 aliphatic rings. The second kappa shape index (κ2) is 18.2. The zero-order chi connectivity index (χ0) is 23.6. The Balaban J connectivity index is 0.000000434. The minimum atomic E-state index is -0.444. The number of benzene rings is 2. The Morgan fingerprint density at radius 1 is 0.636 bits per heavy atom. The first-order valence-electron chi connectivity index (χ1n) is 9.56. The van der Waals surface area contributed by atoms with Crippen LogP contribution in [0.3, 0.4) is 0 Å². The molecule has 4 rings (SSSR count). The molecule has 0 heterocycles. The van der Waals surface area contributed by atoms with E-state index in [9.17, 15) is 9.59 Å². The van der Waals surface area contributed by atoms with Crippen LogP contribution in [0.15, 0.2) is 109 Å². The average Bonchev–Trinajstić information content (AvgIpc) is 3.58. The first-order valence-corrected chi connectivity index (χ1v) is 9.56. The molecular weight excluding hydrogens is 500 g/mol. The van der Waals surface area contributed by atoms with E-state index in [4.69, 9.17) is 10.2 Å². The smallest absolute Gasteiger partial charge is 0.508 e. The molecule has 0 aliphatic carbocycles. The molecule has 0 aliphatic heterocycles. The molecule has 0 radical (unpaired) electrons. The molecule has 7 heteroatoms. The molecule has 0 spiro atoms. The van der Waals surface area contributed by atoms with Crippen molar-refractivity contribution >= 4 is 11.9 Å². The van der Waals surface area contributed by atoms with Gasteiger partial charge in [-0.1, -0.05) is 12.1 Å². The van der Waals surface area contributed by atoms with E-state index in [2.05, 4.69) is 9.47 Å². The van der Waals surface area contributed by atoms with E-state index in [0.29, 0.717) is 11.1 Å². The van der Waals surface area contributed by atoms with Crippen molar-refractivity contribution in [1.82, 2.24) is 0 Å². The fourth-order valence-corrected chi connectivity index (χ4v) is 2.14. The Morgan fingerprint density at radius 3 is 1.18 bits per heavy atom. The summed E-state index contributed by atoms with van der Waals surface area (Å²) in [5, 5.41) is 17.9. The van der Waals surface area contributed by atoms with Crippen molar-refractivity contribution in [2.45, 2.75) is 0 Å². The van der Waals surface area contributed by atoms with Gasteiger partial charge >= 0.3 is 38.1 Å². The third kappa shape index (κ3) is 13.6. The quantitative estimate of drug-likeness (QED) is 0.277. The molecule has 0 fully saturated rings. The molecule has 33 heavy (non-hydrogen) atoms. The van der Waals surface area contributed by atoms with Crippen LogP contribution >= 0.6 is 0 Å². The summed E-state index contributed by atoms with van der Waals surface area (Å²) >= 11 is 0. The number of aromatic hydroxyl groups is 2. The van der Waals surface area contributed by atoms with Crippen LogP contribution < -0.4 is 0 Å². The summed E-state index contributed by atoms with van der Waals surface area (Å²) in [5.41, 5.74) is 0.708. The van der Waals surface area contributed by atoms with Gasteiger partial charge in [0.1, 0.15) is 11.5 Å². The summed E-state index contributed by atoms with van der Waals surface area (Å²) in [6.45, 7) is 0. The molecule has 4 aromatic carbocycles. The molecule has 0 amide bonds. The summed E-state index contributed by atoms with van der Waals surface area (Å²) in [6.07, 6.45) is 0. The van der Waals surface area contributed by atoms with E-state index in [1.807, 2.05) is 60.7 Å². The molecule has 170 valence electrons. The molecule has 0 unspecified atom stereocenters. The van der Waals surface area contributed by atoms with Gasteiger partial charge in [0.05, 0.1) is 25.3 Å². The van der Waals surface area contributed by atoms with Crippen LogP contribution in [0, 0.1) is 0 Å². The monoisotopic (exact) mass is 524 g/mol. The number of esters is 2. The van der Waals surface area contributed by atoms with Crippen LogP contribution in [0.5, 0.6) is 11.5 Å². The van der Waals surface area contributed by atoms with Crippen LogP contribution in [0.2, 0.25) is 0 Å². The predicted molar refractivity (Wildman–Crippen MR) is 123 cm³/mol. The number of hydrogen-bond acceptors (Lipinski definition) is 6. The molecule has 2 N–H and O–H groups in total. The maximum Gasteiger partial charge on any atom is 2.00 e. The maximum absolute atomic E-state index is 10.8. The van der Waals surface area contributed by atoms with Gasteiger partial charge < -0.3 is 19.7 Å². The van der Waals surface area contributed by atoms with Gasteiger partial charge in [-0.05, 0) is 36.4 Å². The van der Waals surface area contributed by atoms with E-state index in [1.165, 1.54) is 38.5 Å². The molecule has 0 saturated heterocycles. The summed E-state index contributed by atoms with van der Waals surface area (Å²) in [5.74, 6) is -0.761. The predicted octanol–water partition coefficient (Wildman–Crippen LogP) is 5.17. The summed E-state index contributed by atoms with van der Waals surface area (Å²) in [4.78, 5) is 21.7. The first kappa shape index (κ1) is 29.6. The van der Waals surface area contributed by atoms with E-state index in [0.717, 1.165) is 0 Å². The number of hydrogen-bond donors (Lipinski definition) is 2. The number of rotatable bonds is 2. The Kier molecular flexibility index (Phi) is 16.3. The molecule has 0 atom stereocenters. The van der Waals surface area contributed by atoms with Crippen molar-refractivity contribution < 1.29 is 55.5 Å². The molecule has 0 bridgehead atoms. The van der Waals surface area contributed by atoms with Crippen molar-refractivity contribution in [2.24, 2.45) is 0 Å². The summed E-state index contributed by atoms with van der Waals surface area (Å²) in [7, 11) is 2.60. The Bertz CT molecular complexity index is 893. The van der Waals surface area contributed by atoms with Gasteiger partial charge in [-0.3, -0.25) is 0 Å². The number of phenolic OH excluding ortho intramolecular Hbond substituents is 2. The number of methoxy groups -OCH3 is 2. The Morgan fingerprint density at radius 2 is 0.970 bits per heavy atom. The number of carbonyl (C=O) groups excluding carboxylic acids is 2. The van der Waals surface area contributed by atoms with Crippen LogP contribution in [0.4, 0.5) is 0 Å². The van der Waals surface area contributed by atoms with E-state index >= 15 is 0 Å². The van der Waals surface area contributed by atoms with Crippen molar-refractivity contribution in [3.63, 3.8) is 0 Å². The van der Waals surface area contributed by atoms with Crippen LogP contribution in [0.1, 0.15) is 20.7 Å². The fraction of sp³-hybridized carbons (Fsp3) is 0.0769. The van der Waals surface area contributed by atoms with Crippen molar-refractivity contribution in [3.05, 3.63) is 120 Å². The number of phenols is 2. The number of carbonyl (C=O) groups is 2. The normalized spacial score (nSPS) is 8.55. The zero-order valence-electron chi connectivity index (χ0n) is 18.4. The van der Waals surface area contributed by atoms with Crippen molar-refractivity contribution in [1.29, 1.82) is 0 Å². The Labute approximate surface area is 212 Å². The zero-order valence-corrected chi connectivity index (χ0v) is 20.9. The molecule has 4 aromatic rings. The van der Waals surface area contributed by atoms with Gasteiger partial charge in [0.15, 0.2) is 0 Å². The van der Waals surface area contributed by atoms with Crippen LogP contribution in [-0.2, 0) is 35.7 Å². The largest absolute Gasteiger partial charge is 2.00 e. The molecule has 6 nitrogen and oxygen atoms in total. The third-order valence-electron chi connectivity index (χ3n) is 3.65. The van der Waals surface area contributed by atoms with Gasteiger partial charge in [0.2, 0.25) is 0 Å². The molecule has 0 saturated carbocycles. The molecule has 0 aromatic heterocycles. The van der Waals surface area contributed by atoms with Gasteiger partial charge in [0, 0.05) is 0 Å². The topological polar surface area (TPSA) is 93.1 Å². The minimum Gasteiger partial charge on any atom is -0.508 e. The van der Waals surface area contributed by atoms with Crippen LogP contribution in [0.25, 0.3) is 0 Å². The van der Waals surface area contributed by atoms with Crippen molar-refractivity contribution in [3.8, 4) is 11.5 Å². The summed E-state index contributed by atoms with van der Waals surface area (Å²) in [6, 6.07) is 32.0. The first-order chi connectivity index (χ1) is 15.5. The molecular formula is C26H26O6Zr. The average molecular weight is 526 g/mol. The Hall–Kier alpha value is -3.44. The second-order valence-corrected chi connectivity index (χ2v) is 6.01. The van der Waals surface area contributed by atoms with E-state index in [-0.39, 0.29) is 37.7 Å². The van der Waals surface area contributed by atoms with E-state index in [1.54, 1.807) is 24.3 Å². The standard InChI is InChI=1S/2C8H8O3.2C5H5.Zr/c2*1-11-8(10)6-3-2-4-7(9)5-6;2*1-2-4-5-3-1;/h2*2-5,9H,1H3;2*1-5H;/q;;2*-1;+2. The SMILES string of the molecule is COC(=O)c1cccc(O)c1.COC(=O)c1cccc(O)c1.[Zr+2].c1cc[cH-]c1.c1cc[cH-]c1. The third-order valence-corrected chi connectivity index (χ3v) is 3.65. The van der Waals surface area contributed by atoms with Crippen molar-refractivity contribution in [2.75, 3.05) is 14.2 Å². The second-order valence-electron chi connectivity index (χ2n) is 6.01. The van der Waals surface area contributed by atoms with E-state index < -0.39 is 11.9 Å². The summed E-state index contributed by atoms with van der Waals surface area (Å²) < 4.78 is 8.88. The van der Waals surface area contributed by atoms with Gasteiger partial charge in [-0.25, -0.2) is 33.9 Å².